The van der Waals surface area contributed by atoms with Gasteiger partial charge in [-0.2, -0.15) is 5.10 Å². The Morgan fingerprint density at radius 1 is 1.30 bits per heavy atom. The number of halogens is 2. The first-order chi connectivity index (χ1) is 9.67. The van der Waals surface area contributed by atoms with Crippen molar-refractivity contribution < 1.29 is 0 Å². The van der Waals surface area contributed by atoms with E-state index in [2.05, 4.69) is 17.3 Å². The minimum atomic E-state index is 0.672. The van der Waals surface area contributed by atoms with E-state index in [1.807, 2.05) is 11.7 Å². The third-order valence-corrected chi connectivity index (χ3v) is 5.30. The second-order valence-electron chi connectivity index (χ2n) is 5.77. The van der Waals surface area contributed by atoms with Gasteiger partial charge in [-0.25, -0.2) is 0 Å². The highest BCUT2D eigenvalue weighted by molar-refractivity contribution is 6.31. The predicted molar refractivity (Wildman–Crippen MR) is 85.5 cm³/mol. The maximum atomic E-state index is 6.36. The maximum Gasteiger partial charge on any atom is 0.0863 e. The van der Waals surface area contributed by atoms with E-state index in [1.54, 1.807) is 0 Å². The topological polar surface area (TPSA) is 29.9 Å². The molecule has 0 aliphatic heterocycles. The zero-order valence-electron chi connectivity index (χ0n) is 12.5. The molecule has 1 aliphatic rings. The van der Waals surface area contributed by atoms with Crippen LogP contribution in [0.4, 0.5) is 0 Å². The van der Waals surface area contributed by atoms with Gasteiger partial charge in [-0.1, -0.05) is 31.4 Å². The van der Waals surface area contributed by atoms with E-state index in [0.29, 0.717) is 11.8 Å². The van der Waals surface area contributed by atoms with Gasteiger partial charge < -0.3 is 5.32 Å². The van der Waals surface area contributed by atoms with Crippen LogP contribution in [0.1, 0.15) is 44.0 Å². The lowest BCUT2D eigenvalue weighted by atomic mass is 9.80. The number of alkyl halides is 1. The molecule has 0 spiro atoms. The molecule has 0 radical (unpaired) electrons. The molecule has 114 valence electrons. The molecule has 1 aromatic heterocycles. The van der Waals surface area contributed by atoms with Crippen LogP contribution in [-0.4, -0.2) is 22.2 Å². The number of hydrogen-bond acceptors (Lipinski definition) is 2. The number of nitrogens with zero attached hydrogens (tertiary/aromatic N) is 2. The van der Waals surface area contributed by atoms with Crippen LogP contribution in [0.5, 0.6) is 0 Å². The minimum absolute atomic E-state index is 0.672. The van der Waals surface area contributed by atoms with Crippen molar-refractivity contribution in [3.05, 3.63) is 16.4 Å². The fraction of sp³-hybridized carbons (Fsp3) is 0.800. The number of rotatable bonds is 6. The molecular weight excluding hydrogens is 293 g/mol. The average Bonchev–Trinajstić information content (AvgIpc) is 2.75. The number of aryl methyl sites for hydroxylation is 2. The first-order valence-corrected chi connectivity index (χ1v) is 8.55. The van der Waals surface area contributed by atoms with Crippen molar-refractivity contribution in [2.45, 2.75) is 45.6 Å². The van der Waals surface area contributed by atoms with Crippen molar-refractivity contribution in [1.82, 2.24) is 15.1 Å². The van der Waals surface area contributed by atoms with Crippen LogP contribution < -0.4 is 5.32 Å². The number of nitrogens with one attached hydrogen (secondary N) is 1. The van der Waals surface area contributed by atoms with Crippen molar-refractivity contribution in [2.24, 2.45) is 18.9 Å². The second kappa shape index (κ2) is 7.67. The van der Waals surface area contributed by atoms with Crippen LogP contribution in [-0.2, 0) is 20.0 Å². The van der Waals surface area contributed by atoms with Crippen LogP contribution >= 0.6 is 23.2 Å². The molecule has 2 unspecified atom stereocenters. The number of hydrogen-bond donors (Lipinski definition) is 1. The van der Waals surface area contributed by atoms with E-state index < -0.39 is 0 Å². The summed E-state index contributed by atoms with van der Waals surface area (Å²) in [4.78, 5) is 0. The van der Waals surface area contributed by atoms with Gasteiger partial charge in [-0.05, 0) is 37.6 Å². The highest BCUT2D eigenvalue weighted by Crippen LogP contribution is 2.30. The molecule has 0 saturated heterocycles. The second-order valence-corrected chi connectivity index (χ2v) is 6.46. The van der Waals surface area contributed by atoms with Crippen LogP contribution in [0.3, 0.4) is 0 Å². The molecule has 1 saturated carbocycles. The minimum Gasteiger partial charge on any atom is -0.311 e. The van der Waals surface area contributed by atoms with Gasteiger partial charge in [-0.3, -0.25) is 4.68 Å². The third kappa shape index (κ3) is 3.69. The molecule has 20 heavy (non-hydrogen) atoms. The summed E-state index contributed by atoms with van der Waals surface area (Å²) in [6, 6.07) is 0. The van der Waals surface area contributed by atoms with Gasteiger partial charge in [-0.15, -0.1) is 11.6 Å². The largest absolute Gasteiger partial charge is 0.311 e. The molecular formula is C15H25Cl2N3. The summed E-state index contributed by atoms with van der Waals surface area (Å²) < 4.78 is 1.90. The van der Waals surface area contributed by atoms with Crippen LogP contribution in [0.25, 0.3) is 0 Å². The lowest BCUT2D eigenvalue weighted by Crippen LogP contribution is -2.31. The van der Waals surface area contributed by atoms with Crippen molar-refractivity contribution in [3.63, 3.8) is 0 Å². The van der Waals surface area contributed by atoms with Crippen LogP contribution in [0.15, 0.2) is 0 Å². The zero-order valence-corrected chi connectivity index (χ0v) is 14.0. The summed E-state index contributed by atoms with van der Waals surface area (Å²) in [7, 11) is 1.96. The smallest absolute Gasteiger partial charge is 0.0863 e. The fourth-order valence-corrected chi connectivity index (χ4v) is 3.91. The molecule has 1 heterocycles. The highest BCUT2D eigenvalue weighted by atomic mass is 35.5. The van der Waals surface area contributed by atoms with E-state index >= 15 is 0 Å². The lowest BCUT2D eigenvalue weighted by Gasteiger charge is -2.30. The number of aromatic nitrogens is 2. The van der Waals surface area contributed by atoms with Crippen molar-refractivity contribution in [2.75, 3.05) is 12.4 Å². The first-order valence-electron chi connectivity index (χ1n) is 7.64. The van der Waals surface area contributed by atoms with E-state index in [0.717, 1.165) is 41.8 Å². The van der Waals surface area contributed by atoms with Gasteiger partial charge in [0.2, 0.25) is 0 Å². The summed E-state index contributed by atoms with van der Waals surface area (Å²) in [6.07, 6.45) is 6.13. The Bertz CT molecular complexity index is 431. The van der Waals surface area contributed by atoms with Gasteiger partial charge in [0, 0.05) is 19.5 Å². The Hall–Kier alpha value is -0.250. The molecule has 1 fully saturated rings. The average molecular weight is 318 g/mol. The normalized spacial score (nSPS) is 23.2. The Labute approximate surface area is 132 Å². The van der Waals surface area contributed by atoms with Gasteiger partial charge in [0.05, 0.1) is 16.4 Å². The van der Waals surface area contributed by atoms with E-state index in [-0.39, 0.29) is 0 Å². The van der Waals surface area contributed by atoms with Crippen LogP contribution in [0.2, 0.25) is 5.02 Å². The lowest BCUT2D eigenvalue weighted by molar-refractivity contribution is 0.250. The van der Waals surface area contributed by atoms with Gasteiger partial charge in [0.1, 0.15) is 0 Å². The SMILES string of the molecule is CCc1nn(C)c(CNCC2CCCCC2CCl)c1Cl. The monoisotopic (exact) mass is 317 g/mol. The summed E-state index contributed by atoms with van der Waals surface area (Å²) in [5.74, 6) is 2.17. The fourth-order valence-electron chi connectivity index (χ4n) is 3.14. The zero-order chi connectivity index (χ0) is 14.5. The quantitative estimate of drug-likeness (QED) is 0.809. The van der Waals surface area contributed by atoms with Crippen molar-refractivity contribution in [3.8, 4) is 0 Å². The summed E-state index contributed by atoms with van der Waals surface area (Å²) in [5, 5.41) is 8.82. The Morgan fingerprint density at radius 3 is 2.60 bits per heavy atom. The Morgan fingerprint density at radius 2 is 2.00 bits per heavy atom. The molecule has 1 aliphatic carbocycles. The molecule has 2 rings (SSSR count). The Balaban J connectivity index is 1.88. The van der Waals surface area contributed by atoms with E-state index in [4.69, 9.17) is 23.2 Å². The molecule has 5 heteroatoms. The van der Waals surface area contributed by atoms with Crippen LogP contribution in [0, 0.1) is 11.8 Å². The highest BCUT2D eigenvalue weighted by Gasteiger charge is 2.24. The summed E-state index contributed by atoms with van der Waals surface area (Å²) in [6.45, 7) is 3.90. The first kappa shape index (κ1) is 16.1. The standard InChI is InChI=1S/C15H25Cl2N3/c1-3-13-15(17)14(20(2)19-13)10-18-9-12-7-5-4-6-11(12)8-16/h11-12,18H,3-10H2,1-2H3. The molecule has 0 amide bonds. The van der Waals surface area contributed by atoms with E-state index in [9.17, 15) is 0 Å². The third-order valence-electron chi connectivity index (χ3n) is 4.47. The Kier molecular flexibility index (Phi) is 6.19. The van der Waals surface area contributed by atoms with Gasteiger partial charge in [0.25, 0.3) is 0 Å². The predicted octanol–water partition coefficient (Wildman–Crippen LogP) is 3.77. The molecule has 0 aromatic carbocycles. The molecule has 0 bridgehead atoms. The van der Waals surface area contributed by atoms with Crippen molar-refractivity contribution in [1.29, 1.82) is 0 Å². The van der Waals surface area contributed by atoms with Gasteiger partial charge >= 0.3 is 0 Å². The van der Waals surface area contributed by atoms with Gasteiger partial charge in [0.15, 0.2) is 0 Å². The van der Waals surface area contributed by atoms with E-state index in [1.165, 1.54) is 25.7 Å². The molecule has 3 nitrogen and oxygen atoms in total. The van der Waals surface area contributed by atoms with Crippen molar-refractivity contribution >= 4 is 23.2 Å². The maximum absolute atomic E-state index is 6.36. The molecule has 2 atom stereocenters. The molecule has 1 aromatic rings. The summed E-state index contributed by atoms with van der Waals surface area (Å²) >= 11 is 12.4. The summed E-state index contributed by atoms with van der Waals surface area (Å²) in [5.41, 5.74) is 2.07. The molecule has 1 N–H and O–H groups in total.